The molecule has 2 heterocycles. The Morgan fingerprint density at radius 1 is 1.21 bits per heavy atom. The molecule has 3 nitrogen and oxygen atoms in total. The fourth-order valence-electron chi connectivity index (χ4n) is 4.16. The van der Waals surface area contributed by atoms with E-state index in [2.05, 4.69) is 12.2 Å². The molecule has 0 bridgehead atoms. The molecule has 1 N–H and O–H groups in total. The van der Waals surface area contributed by atoms with E-state index >= 15 is 0 Å². The van der Waals surface area contributed by atoms with E-state index in [1.807, 2.05) is 0 Å². The first-order valence-electron chi connectivity index (χ1n) is 8.28. The molecule has 3 atom stereocenters. The standard InChI is InChI=1S/C16H29NO2/c1-2-8-17-15(14-4-9-18-12-14)13-5-10-19-16(11-13)6-3-7-16/h13-15,17H,2-12H2,1H3. The molecule has 3 heteroatoms. The minimum atomic E-state index is 0.272. The van der Waals surface area contributed by atoms with Gasteiger partial charge in [0, 0.05) is 25.2 Å². The second kappa shape index (κ2) is 6.11. The van der Waals surface area contributed by atoms with Crippen molar-refractivity contribution >= 4 is 0 Å². The van der Waals surface area contributed by atoms with E-state index in [0.717, 1.165) is 38.2 Å². The van der Waals surface area contributed by atoms with Gasteiger partial charge in [-0.1, -0.05) is 6.92 Å². The molecular formula is C16H29NO2. The van der Waals surface area contributed by atoms with Gasteiger partial charge in [0.2, 0.25) is 0 Å². The van der Waals surface area contributed by atoms with Crippen molar-refractivity contribution < 1.29 is 9.47 Å². The summed E-state index contributed by atoms with van der Waals surface area (Å²) in [6.07, 6.45) is 8.94. The van der Waals surface area contributed by atoms with Crippen LogP contribution in [-0.4, -0.2) is 38.0 Å². The van der Waals surface area contributed by atoms with Crippen molar-refractivity contribution in [2.24, 2.45) is 11.8 Å². The molecule has 110 valence electrons. The molecule has 2 aliphatic heterocycles. The van der Waals surface area contributed by atoms with E-state index in [1.54, 1.807) is 0 Å². The number of rotatable bonds is 5. The van der Waals surface area contributed by atoms with Crippen LogP contribution in [0.4, 0.5) is 0 Å². The molecule has 3 aliphatic rings. The minimum Gasteiger partial charge on any atom is -0.381 e. The Bertz CT molecular complexity index is 284. The molecule has 0 amide bonds. The Balaban J connectivity index is 1.63. The lowest BCUT2D eigenvalue weighted by Crippen LogP contribution is -2.52. The van der Waals surface area contributed by atoms with Gasteiger partial charge in [0.25, 0.3) is 0 Å². The molecule has 19 heavy (non-hydrogen) atoms. The van der Waals surface area contributed by atoms with Crippen molar-refractivity contribution in [2.75, 3.05) is 26.4 Å². The number of nitrogens with one attached hydrogen (secondary N) is 1. The second-order valence-corrected chi connectivity index (χ2v) is 6.74. The van der Waals surface area contributed by atoms with Crippen LogP contribution in [-0.2, 0) is 9.47 Å². The highest BCUT2D eigenvalue weighted by molar-refractivity contribution is 4.98. The summed E-state index contributed by atoms with van der Waals surface area (Å²) in [5, 5.41) is 3.83. The van der Waals surface area contributed by atoms with Crippen molar-refractivity contribution in [2.45, 2.75) is 63.5 Å². The highest BCUT2D eigenvalue weighted by Gasteiger charge is 2.45. The maximum atomic E-state index is 6.09. The SMILES string of the molecule is CCCNC(C1CCOC1)C1CCOC2(CCC2)C1. The molecule has 0 radical (unpaired) electrons. The van der Waals surface area contributed by atoms with Crippen LogP contribution in [0, 0.1) is 11.8 Å². The van der Waals surface area contributed by atoms with Gasteiger partial charge in [0.05, 0.1) is 12.2 Å². The molecule has 0 aromatic carbocycles. The van der Waals surface area contributed by atoms with Crippen LogP contribution in [0.1, 0.15) is 51.9 Å². The maximum absolute atomic E-state index is 6.09. The zero-order valence-electron chi connectivity index (χ0n) is 12.3. The zero-order valence-corrected chi connectivity index (χ0v) is 12.3. The summed E-state index contributed by atoms with van der Waals surface area (Å²) in [7, 11) is 0. The van der Waals surface area contributed by atoms with E-state index in [9.17, 15) is 0 Å². The van der Waals surface area contributed by atoms with Crippen LogP contribution in [0.3, 0.4) is 0 Å². The predicted octanol–water partition coefficient (Wildman–Crippen LogP) is 2.74. The Hall–Kier alpha value is -0.120. The van der Waals surface area contributed by atoms with Gasteiger partial charge >= 0.3 is 0 Å². The van der Waals surface area contributed by atoms with E-state index in [4.69, 9.17) is 9.47 Å². The fraction of sp³-hybridized carbons (Fsp3) is 1.00. The van der Waals surface area contributed by atoms with Crippen molar-refractivity contribution in [3.63, 3.8) is 0 Å². The highest BCUT2D eigenvalue weighted by Crippen LogP contribution is 2.46. The lowest BCUT2D eigenvalue weighted by molar-refractivity contribution is -0.149. The Kier molecular flexibility index (Phi) is 4.45. The third kappa shape index (κ3) is 2.98. The third-order valence-corrected chi connectivity index (χ3v) is 5.41. The molecule has 0 aromatic heterocycles. The molecule has 1 spiro atoms. The lowest BCUT2D eigenvalue weighted by atomic mass is 9.69. The first kappa shape index (κ1) is 13.8. The molecule has 0 aromatic rings. The summed E-state index contributed by atoms with van der Waals surface area (Å²) in [5.74, 6) is 1.53. The largest absolute Gasteiger partial charge is 0.381 e. The molecule has 3 unspecified atom stereocenters. The summed E-state index contributed by atoms with van der Waals surface area (Å²) in [4.78, 5) is 0. The first-order valence-corrected chi connectivity index (χ1v) is 8.28. The average Bonchev–Trinajstić information content (AvgIpc) is 2.92. The van der Waals surface area contributed by atoms with Gasteiger partial charge in [-0.2, -0.15) is 0 Å². The highest BCUT2D eigenvalue weighted by atomic mass is 16.5. The molecule has 2 saturated heterocycles. The Labute approximate surface area is 117 Å². The summed E-state index contributed by atoms with van der Waals surface area (Å²) in [6.45, 7) is 6.30. The second-order valence-electron chi connectivity index (χ2n) is 6.74. The van der Waals surface area contributed by atoms with E-state index in [0.29, 0.717) is 6.04 Å². The summed E-state index contributed by atoms with van der Waals surface area (Å²) in [5.41, 5.74) is 0.272. The van der Waals surface area contributed by atoms with Crippen LogP contribution in [0.15, 0.2) is 0 Å². The van der Waals surface area contributed by atoms with Gasteiger partial charge in [-0.25, -0.2) is 0 Å². The van der Waals surface area contributed by atoms with Gasteiger partial charge in [0.15, 0.2) is 0 Å². The van der Waals surface area contributed by atoms with Crippen LogP contribution in [0.5, 0.6) is 0 Å². The minimum absolute atomic E-state index is 0.272. The Morgan fingerprint density at radius 2 is 2.05 bits per heavy atom. The van der Waals surface area contributed by atoms with E-state index in [1.165, 1.54) is 44.9 Å². The van der Waals surface area contributed by atoms with E-state index in [-0.39, 0.29) is 5.60 Å². The molecule has 3 fully saturated rings. The van der Waals surface area contributed by atoms with Crippen LogP contribution in [0.25, 0.3) is 0 Å². The topological polar surface area (TPSA) is 30.5 Å². The number of hydrogen-bond acceptors (Lipinski definition) is 3. The summed E-state index contributed by atoms with van der Waals surface area (Å²) < 4.78 is 11.7. The van der Waals surface area contributed by atoms with E-state index < -0.39 is 0 Å². The van der Waals surface area contributed by atoms with Gasteiger partial charge in [-0.15, -0.1) is 0 Å². The van der Waals surface area contributed by atoms with Crippen LogP contribution in [0.2, 0.25) is 0 Å². The van der Waals surface area contributed by atoms with Gasteiger partial charge in [-0.3, -0.25) is 0 Å². The number of ether oxygens (including phenoxy) is 2. The van der Waals surface area contributed by atoms with Crippen LogP contribution >= 0.6 is 0 Å². The monoisotopic (exact) mass is 267 g/mol. The van der Waals surface area contributed by atoms with Crippen molar-refractivity contribution in [3.8, 4) is 0 Å². The van der Waals surface area contributed by atoms with Crippen molar-refractivity contribution in [1.29, 1.82) is 0 Å². The lowest BCUT2D eigenvalue weighted by Gasteiger charge is -2.49. The maximum Gasteiger partial charge on any atom is 0.0685 e. The summed E-state index contributed by atoms with van der Waals surface area (Å²) in [6, 6.07) is 0.656. The molecule has 1 aliphatic carbocycles. The number of hydrogen-bond donors (Lipinski definition) is 1. The van der Waals surface area contributed by atoms with Gasteiger partial charge < -0.3 is 14.8 Å². The van der Waals surface area contributed by atoms with Gasteiger partial charge in [0.1, 0.15) is 0 Å². The fourth-order valence-corrected chi connectivity index (χ4v) is 4.16. The molecule has 1 saturated carbocycles. The first-order chi connectivity index (χ1) is 9.33. The smallest absolute Gasteiger partial charge is 0.0685 e. The quantitative estimate of drug-likeness (QED) is 0.831. The van der Waals surface area contributed by atoms with Crippen LogP contribution < -0.4 is 5.32 Å². The van der Waals surface area contributed by atoms with Crippen molar-refractivity contribution in [3.05, 3.63) is 0 Å². The predicted molar refractivity (Wildman–Crippen MR) is 76.3 cm³/mol. The zero-order chi connectivity index (χ0) is 13.1. The van der Waals surface area contributed by atoms with Crippen molar-refractivity contribution in [1.82, 2.24) is 5.32 Å². The normalized spacial score (nSPS) is 35.2. The average molecular weight is 267 g/mol. The van der Waals surface area contributed by atoms with Gasteiger partial charge in [-0.05, 0) is 57.4 Å². The molecule has 3 rings (SSSR count). The Morgan fingerprint density at radius 3 is 2.68 bits per heavy atom. The third-order valence-electron chi connectivity index (χ3n) is 5.41. The molecular weight excluding hydrogens is 238 g/mol. The summed E-state index contributed by atoms with van der Waals surface area (Å²) >= 11 is 0.